The van der Waals surface area contributed by atoms with Crippen LogP contribution in [-0.4, -0.2) is 4.99 Å². The predicted molar refractivity (Wildman–Crippen MR) is 50.1 cm³/mol. The molecule has 1 N–H and O–H groups in total. The second kappa shape index (κ2) is 5.42. The van der Waals surface area contributed by atoms with Crippen LogP contribution in [0.2, 0.25) is 0 Å². The summed E-state index contributed by atoms with van der Waals surface area (Å²) in [5, 5.41) is 3.07. The molecule has 0 rings (SSSR count). The van der Waals surface area contributed by atoms with E-state index in [-0.39, 0.29) is 0 Å². The summed E-state index contributed by atoms with van der Waals surface area (Å²) in [6.45, 7) is 8.00. The maximum absolute atomic E-state index is 4.97. The van der Waals surface area contributed by atoms with Crippen LogP contribution in [-0.2, 0) is 0 Å². The average Bonchev–Trinajstić information content (AvgIpc) is 1.88. The Hall–Kier alpha value is -0.370. The van der Waals surface area contributed by atoms with Crippen LogP contribution in [0.3, 0.4) is 0 Å². The molecule has 0 saturated heterocycles. The van der Waals surface area contributed by atoms with Gasteiger partial charge in [0.25, 0.3) is 0 Å². The molecular formula is C8H15NS. The van der Waals surface area contributed by atoms with Crippen molar-refractivity contribution in [3.8, 4) is 0 Å². The molecule has 0 saturated carbocycles. The Balaban J connectivity index is 3.47. The van der Waals surface area contributed by atoms with Gasteiger partial charge in [0.05, 0.1) is 4.99 Å². The Bertz CT molecular complexity index is 129. The van der Waals surface area contributed by atoms with Crippen LogP contribution in [0, 0.1) is 0 Å². The molecule has 0 aromatic heterocycles. The summed E-state index contributed by atoms with van der Waals surface area (Å²) < 4.78 is 0. The summed E-state index contributed by atoms with van der Waals surface area (Å²) >= 11 is 4.97. The largest absolute Gasteiger partial charge is 0.354 e. The number of nitrogens with one attached hydrogen (secondary N) is 1. The van der Waals surface area contributed by atoms with E-state index in [1.807, 2.05) is 6.92 Å². The third-order valence-corrected chi connectivity index (χ3v) is 1.58. The second-order valence-corrected chi connectivity index (χ2v) is 2.75. The minimum absolute atomic E-state index is 0.887. The number of allylic oxidation sites excluding steroid dienone is 1. The van der Waals surface area contributed by atoms with Gasteiger partial charge in [0, 0.05) is 5.70 Å². The highest BCUT2D eigenvalue weighted by Crippen LogP contribution is 1.97. The molecule has 0 spiro atoms. The summed E-state index contributed by atoms with van der Waals surface area (Å²) in [7, 11) is 0. The molecule has 0 unspecified atom stereocenters. The van der Waals surface area contributed by atoms with Crippen molar-refractivity contribution >= 4 is 17.2 Å². The Morgan fingerprint density at radius 3 is 2.50 bits per heavy atom. The van der Waals surface area contributed by atoms with Crippen LogP contribution in [0.4, 0.5) is 0 Å². The van der Waals surface area contributed by atoms with E-state index in [1.54, 1.807) is 0 Å². The van der Waals surface area contributed by atoms with Gasteiger partial charge in [0.15, 0.2) is 0 Å². The van der Waals surface area contributed by atoms with Crippen LogP contribution in [0.5, 0.6) is 0 Å². The van der Waals surface area contributed by atoms with Gasteiger partial charge < -0.3 is 5.32 Å². The van der Waals surface area contributed by atoms with Crippen molar-refractivity contribution in [1.82, 2.24) is 5.32 Å². The summed E-state index contributed by atoms with van der Waals surface area (Å²) in [6, 6.07) is 0. The number of hydrogen-bond acceptors (Lipinski definition) is 1. The van der Waals surface area contributed by atoms with Gasteiger partial charge in [0.2, 0.25) is 0 Å². The van der Waals surface area contributed by atoms with Gasteiger partial charge in [-0.2, -0.15) is 0 Å². The van der Waals surface area contributed by atoms with E-state index in [0.29, 0.717) is 0 Å². The Labute approximate surface area is 68.5 Å². The van der Waals surface area contributed by atoms with Gasteiger partial charge in [-0.05, 0) is 12.8 Å². The Morgan fingerprint density at radius 2 is 2.10 bits per heavy atom. The van der Waals surface area contributed by atoms with E-state index in [4.69, 9.17) is 12.2 Å². The molecule has 58 valence electrons. The molecule has 0 amide bonds. The minimum atomic E-state index is 0.887. The highest BCUT2D eigenvalue weighted by Gasteiger charge is 1.93. The van der Waals surface area contributed by atoms with Crippen LogP contribution in [0.1, 0.15) is 33.1 Å². The van der Waals surface area contributed by atoms with Crippen LogP contribution >= 0.6 is 12.2 Å². The maximum Gasteiger partial charge on any atom is 0.0791 e. The Morgan fingerprint density at radius 1 is 1.50 bits per heavy atom. The minimum Gasteiger partial charge on any atom is -0.354 e. The van der Waals surface area contributed by atoms with E-state index in [1.165, 1.54) is 0 Å². The monoisotopic (exact) mass is 157 g/mol. The van der Waals surface area contributed by atoms with Gasteiger partial charge in [-0.1, -0.05) is 39.1 Å². The first kappa shape index (κ1) is 9.63. The normalized spacial score (nSPS) is 9.00. The van der Waals surface area contributed by atoms with E-state index < -0.39 is 0 Å². The lowest BCUT2D eigenvalue weighted by Gasteiger charge is -2.06. The van der Waals surface area contributed by atoms with E-state index in [0.717, 1.165) is 29.9 Å². The van der Waals surface area contributed by atoms with Crippen molar-refractivity contribution in [2.24, 2.45) is 0 Å². The van der Waals surface area contributed by atoms with E-state index in [9.17, 15) is 0 Å². The van der Waals surface area contributed by atoms with Crippen LogP contribution in [0.15, 0.2) is 12.3 Å². The molecule has 10 heavy (non-hydrogen) atoms. The van der Waals surface area contributed by atoms with Crippen LogP contribution < -0.4 is 5.32 Å². The molecule has 1 nitrogen and oxygen atoms in total. The fraction of sp³-hybridized carbons (Fsp3) is 0.625. The number of rotatable bonds is 4. The third kappa shape index (κ3) is 4.50. The first-order valence-electron chi connectivity index (χ1n) is 3.68. The van der Waals surface area contributed by atoms with Gasteiger partial charge >= 0.3 is 0 Å². The highest BCUT2D eigenvalue weighted by molar-refractivity contribution is 7.80. The van der Waals surface area contributed by atoms with Crippen molar-refractivity contribution in [1.29, 1.82) is 0 Å². The first-order valence-corrected chi connectivity index (χ1v) is 4.09. The quantitative estimate of drug-likeness (QED) is 0.630. The summed E-state index contributed by atoms with van der Waals surface area (Å²) in [5.74, 6) is 0. The van der Waals surface area contributed by atoms with Crippen molar-refractivity contribution in [3.05, 3.63) is 12.3 Å². The highest BCUT2D eigenvalue weighted by atomic mass is 32.1. The standard InChI is InChI=1S/C8H15NS/c1-4-6-7(3)9-8(10)5-2/h3-6H2,1-2H3,(H,9,10). The van der Waals surface area contributed by atoms with Crippen molar-refractivity contribution in [2.75, 3.05) is 0 Å². The molecule has 2 heteroatoms. The SMILES string of the molecule is C=C(CCC)NC(=S)CC. The topological polar surface area (TPSA) is 12.0 Å². The second-order valence-electron chi connectivity index (χ2n) is 2.26. The lowest BCUT2D eigenvalue weighted by atomic mass is 10.3. The lowest BCUT2D eigenvalue weighted by molar-refractivity contribution is 0.858. The molecule has 0 aliphatic carbocycles. The molecule has 0 aliphatic rings. The van der Waals surface area contributed by atoms with E-state index >= 15 is 0 Å². The first-order chi connectivity index (χ1) is 4.70. The maximum atomic E-state index is 4.97. The summed E-state index contributed by atoms with van der Waals surface area (Å²) in [5.41, 5.74) is 1.04. The molecule has 0 aliphatic heterocycles. The van der Waals surface area contributed by atoms with Gasteiger partial charge in [-0.25, -0.2) is 0 Å². The molecule has 0 aromatic carbocycles. The molecule has 0 radical (unpaired) electrons. The zero-order valence-electron chi connectivity index (χ0n) is 6.74. The smallest absolute Gasteiger partial charge is 0.0791 e. The third-order valence-electron chi connectivity index (χ3n) is 1.19. The van der Waals surface area contributed by atoms with Crippen molar-refractivity contribution in [3.63, 3.8) is 0 Å². The average molecular weight is 157 g/mol. The summed E-state index contributed by atoms with van der Waals surface area (Å²) in [4.78, 5) is 0.887. The van der Waals surface area contributed by atoms with E-state index in [2.05, 4.69) is 18.8 Å². The zero-order valence-corrected chi connectivity index (χ0v) is 7.55. The number of hydrogen-bond donors (Lipinski definition) is 1. The predicted octanol–water partition coefficient (Wildman–Crippen LogP) is 2.63. The van der Waals surface area contributed by atoms with Gasteiger partial charge in [0.1, 0.15) is 0 Å². The van der Waals surface area contributed by atoms with Crippen molar-refractivity contribution < 1.29 is 0 Å². The molecule has 0 bridgehead atoms. The fourth-order valence-corrected chi connectivity index (χ4v) is 0.794. The molecular weight excluding hydrogens is 142 g/mol. The van der Waals surface area contributed by atoms with Crippen LogP contribution in [0.25, 0.3) is 0 Å². The zero-order chi connectivity index (χ0) is 7.98. The molecule has 0 atom stereocenters. The molecule has 0 aromatic rings. The summed E-state index contributed by atoms with van der Waals surface area (Å²) in [6.07, 6.45) is 3.04. The molecule has 0 fully saturated rings. The molecule has 0 heterocycles. The van der Waals surface area contributed by atoms with Gasteiger partial charge in [-0.15, -0.1) is 0 Å². The fourth-order valence-electron chi connectivity index (χ4n) is 0.650. The number of thiocarbonyl (C=S) groups is 1. The Kier molecular flexibility index (Phi) is 5.22. The van der Waals surface area contributed by atoms with Crippen molar-refractivity contribution in [2.45, 2.75) is 33.1 Å². The van der Waals surface area contributed by atoms with Gasteiger partial charge in [-0.3, -0.25) is 0 Å². The lowest BCUT2D eigenvalue weighted by Crippen LogP contribution is -2.18.